The average molecular weight is 181 g/mol. The van der Waals surface area contributed by atoms with Crippen molar-refractivity contribution in [3.63, 3.8) is 0 Å². The van der Waals surface area contributed by atoms with Gasteiger partial charge in [-0.25, -0.2) is 8.78 Å². The van der Waals surface area contributed by atoms with E-state index < -0.39 is 17.8 Å². The van der Waals surface area contributed by atoms with E-state index in [0.717, 1.165) is 0 Å². The summed E-state index contributed by atoms with van der Waals surface area (Å²) in [6, 6.07) is 0. The number of halogens is 2. The Bertz CT molecular complexity index is 163. The molecule has 12 heavy (non-hydrogen) atoms. The Balaban J connectivity index is 2.53. The summed E-state index contributed by atoms with van der Waals surface area (Å²) in [5, 5.41) is 0. The second-order valence-corrected chi connectivity index (χ2v) is 3.25. The molecule has 0 aromatic carbocycles. The SMILES string of the molecule is COC(OC)C1(N)CC(F)(F)C1. The van der Waals surface area contributed by atoms with Crippen LogP contribution in [0.3, 0.4) is 0 Å². The molecule has 0 amide bonds. The van der Waals surface area contributed by atoms with Crippen molar-refractivity contribution in [2.45, 2.75) is 30.6 Å². The van der Waals surface area contributed by atoms with Crippen LogP contribution in [-0.2, 0) is 9.47 Å². The van der Waals surface area contributed by atoms with E-state index in [9.17, 15) is 8.78 Å². The summed E-state index contributed by atoms with van der Waals surface area (Å²) < 4.78 is 34.6. The topological polar surface area (TPSA) is 44.5 Å². The first kappa shape index (κ1) is 9.83. The molecular weight excluding hydrogens is 168 g/mol. The van der Waals surface area contributed by atoms with E-state index >= 15 is 0 Å². The molecule has 2 N–H and O–H groups in total. The molecule has 1 rings (SSSR count). The van der Waals surface area contributed by atoms with Crippen LogP contribution in [0.1, 0.15) is 12.8 Å². The molecule has 0 bridgehead atoms. The van der Waals surface area contributed by atoms with Gasteiger partial charge in [0.2, 0.25) is 0 Å². The first-order chi connectivity index (χ1) is 5.43. The molecule has 72 valence electrons. The number of rotatable bonds is 3. The van der Waals surface area contributed by atoms with Gasteiger partial charge in [-0.1, -0.05) is 0 Å². The summed E-state index contributed by atoms with van der Waals surface area (Å²) in [6.07, 6.45) is -1.48. The predicted molar refractivity (Wildman–Crippen MR) is 38.9 cm³/mol. The molecule has 0 aliphatic heterocycles. The lowest BCUT2D eigenvalue weighted by atomic mass is 9.73. The predicted octanol–water partition coefficient (Wildman–Crippen LogP) is 0.732. The van der Waals surface area contributed by atoms with E-state index in [-0.39, 0.29) is 12.8 Å². The smallest absolute Gasteiger partial charge is 0.252 e. The maximum absolute atomic E-state index is 12.5. The maximum atomic E-state index is 12.5. The lowest BCUT2D eigenvalue weighted by molar-refractivity contribution is -0.227. The molecule has 3 nitrogen and oxygen atoms in total. The normalized spacial score (nSPS) is 25.5. The Morgan fingerprint density at radius 1 is 1.25 bits per heavy atom. The summed E-state index contributed by atoms with van der Waals surface area (Å²) in [7, 11) is 2.78. The van der Waals surface area contributed by atoms with Crippen LogP contribution in [0.15, 0.2) is 0 Å². The van der Waals surface area contributed by atoms with Gasteiger partial charge < -0.3 is 15.2 Å². The minimum atomic E-state index is -2.65. The molecule has 0 atom stereocenters. The highest BCUT2D eigenvalue weighted by Gasteiger charge is 2.58. The van der Waals surface area contributed by atoms with Gasteiger partial charge in [0, 0.05) is 27.1 Å². The van der Waals surface area contributed by atoms with Crippen molar-refractivity contribution in [2.24, 2.45) is 5.73 Å². The first-order valence-corrected chi connectivity index (χ1v) is 3.66. The van der Waals surface area contributed by atoms with Crippen LogP contribution in [0.5, 0.6) is 0 Å². The second kappa shape index (κ2) is 2.90. The largest absolute Gasteiger partial charge is 0.354 e. The van der Waals surface area contributed by atoms with Crippen molar-refractivity contribution in [3.05, 3.63) is 0 Å². The lowest BCUT2D eigenvalue weighted by Gasteiger charge is -2.47. The molecule has 5 heteroatoms. The van der Waals surface area contributed by atoms with Crippen LogP contribution in [0.25, 0.3) is 0 Å². The average Bonchev–Trinajstić information content (AvgIpc) is 1.85. The summed E-state index contributed by atoms with van der Waals surface area (Å²) in [5.41, 5.74) is 4.59. The summed E-state index contributed by atoms with van der Waals surface area (Å²) >= 11 is 0. The van der Waals surface area contributed by atoms with E-state index in [0.29, 0.717) is 0 Å². The van der Waals surface area contributed by atoms with Crippen molar-refractivity contribution >= 4 is 0 Å². The van der Waals surface area contributed by atoms with Crippen molar-refractivity contribution in [2.75, 3.05) is 14.2 Å². The Morgan fingerprint density at radius 3 is 1.92 bits per heavy atom. The molecule has 1 fully saturated rings. The van der Waals surface area contributed by atoms with Crippen LogP contribution >= 0.6 is 0 Å². The molecule has 0 aromatic rings. The van der Waals surface area contributed by atoms with E-state index in [1.54, 1.807) is 0 Å². The Kier molecular flexibility index (Phi) is 2.38. The minimum absolute atomic E-state index is 0.369. The van der Waals surface area contributed by atoms with E-state index in [1.165, 1.54) is 14.2 Å². The number of methoxy groups -OCH3 is 2. The monoisotopic (exact) mass is 181 g/mol. The number of hydrogen-bond acceptors (Lipinski definition) is 3. The quantitative estimate of drug-likeness (QED) is 0.653. The van der Waals surface area contributed by atoms with Crippen molar-refractivity contribution in [3.8, 4) is 0 Å². The molecule has 0 aromatic heterocycles. The van der Waals surface area contributed by atoms with Gasteiger partial charge in [0.05, 0.1) is 5.54 Å². The fraction of sp³-hybridized carbons (Fsp3) is 1.00. The second-order valence-electron chi connectivity index (χ2n) is 3.25. The van der Waals surface area contributed by atoms with Crippen LogP contribution in [-0.4, -0.2) is 32.0 Å². The van der Waals surface area contributed by atoms with Crippen LogP contribution < -0.4 is 5.73 Å². The molecule has 1 aliphatic carbocycles. The molecule has 0 unspecified atom stereocenters. The zero-order chi connectivity index (χ0) is 9.41. The Hall–Kier alpha value is -0.260. The summed E-state index contributed by atoms with van der Waals surface area (Å²) in [6.45, 7) is 0. The van der Waals surface area contributed by atoms with Gasteiger partial charge in [0.25, 0.3) is 5.92 Å². The fourth-order valence-electron chi connectivity index (χ4n) is 1.64. The highest BCUT2D eigenvalue weighted by Crippen LogP contribution is 2.46. The third kappa shape index (κ3) is 1.57. The highest BCUT2D eigenvalue weighted by molar-refractivity contribution is 5.05. The zero-order valence-corrected chi connectivity index (χ0v) is 7.14. The molecular formula is C7H13F2NO2. The minimum Gasteiger partial charge on any atom is -0.354 e. The zero-order valence-electron chi connectivity index (χ0n) is 7.14. The molecule has 0 heterocycles. The highest BCUT2D eigenvalue weighted by atomic mass is 19.3. The van der Waals surface area contributed by atoms with Gasteiger partial charge in [-0.15, -0.1) is 0 Å². The van der Waals surface area contributed by atoms with Crippen molar-refractivity contribution < 1.29 is 18.3 Å². The maximum Gasteiger partial charge on any atom is 0.252 e. The third-order valence-electron chi connectivity index (χ3n) is 2.07. The number of hydrogen-bond donors (Lipinski definition) is 1. The third-order valence-corrected chi connectivity index (χ3v) is 2.07. The van der Waals surface area contributed by atoms with Crippen molar-refractivity contribution in [1.82, 2.24) is 0 Å². The molecule has 0 spiro atoms. The number of ether oxygens (including phenoxy) is 2. The lowest BCUT2D eigenvalue weighted by Crippen LogP contribution is -2.65. The van der Waals surface area contributed by atoms with E-state index in [2.05, 4.69) is 0 Å². The molecule has 1 saturated carbocycles. The Labute approximate surface area is 69.8 Å². The number of alkyl halides is 2. The first-order valence-electron chi connectivity index (χ1n) is 3.66. The van der Waals surface area contributed by atoms with Crippen LogP contribution in [0.4, 0.5) is 8.78 Å². The summed E-state index contributed by atoms with van der Waals surface area (Å²) in [4.78, 5) is 0. The van der Waals surface area contributed by atoms with E-state index in [1.807, 2.05) is 0 Å². The van der Waals surface area contributed by atoms with Crippen molar-refractivity contribution in [1.29, 1.82) is 0 Å². The van der Waals surface area contributed by atoms with E-state index in [4.69, 9.17) is 15.2 Å². The standard InChI is InChI=1S/C7H13F2NO2/c1-11-5(12-2)6(10)3-7(8,9)4-6/h5H,3-4,10H2,1-2H3. The van der Waals surface area contributed by atoms with Gasteiger partial charge in [-0.05, 0) is 0 Å². The van der Waals surface area contributed by atoms with Gasteiger partial charge in [0.15, 0.2) is 6.29 Å². The fourth-order valence-corrected chi connectivity index (χ4v) is 1.64. The Morgan fingerprint density at radius 2 is 1.67 bits per heavy atom. The summed E-state index contributed by atoms with van der Waals surface area (Å²) in [5.74, 6) is -2.65. The van der Waals surface area contributed by atoms with Gasteiger partial charge >= 0.3 is 0 Å². The molecule has 0 saturated heterocycles. The molecule has 1 aliphatic rings. The number of nitrogens with two attached hydrogens (primary N) is 1. The van der Waals surface area contributed by atoms with Crippen LogP contribution in [0, 0.1) is 0 Å². The van der Waals surface area contributed by atoms with Gasteiger partial charge in [-0.2, -0.15) is 0 Å². The van der Waals surface area contributed by atoms with Gasteiger partial charge in [0.1, 0.15) is 0 Å². The molecule has 0 radical (unpaired) electrons. The van der Waals surface area contributed by atoms with Gasteiger partial charge in [-0.3, -0.25) is 0 Å². The van der Waals surface area contributed by atoms with Crippen LogP contribution in [0.2, 0.25) is 0 Å².